The molecule has 1 atom stereocenters. The molecule has 0 saturated carbocycles. The quantitative estimate of drug-likeness (QED) is 0.675. The van der Waals surface area contributed by atoms with Gasteiger partial charge in [0.2, 0.25) is 0 Å². The summed E-state index contributed by atoms with van der Waals surface area (Å²) >= 11 is 3.24. The number of rotatable bonds is 7. The van der Waals surface area contributed by atoms with Crippen molar-refractivity contribution in [2.45, 2.75) is 12.5 Å². The number of hydrogen-bond acceptors (Lipinski definition) is 4. The van der Waals surface area contributed by atoms with E-state index in [1.165, 1.54) is 0 Å². The summed E-state index contributed by atoms with van der Waals surface area (Å²) < 4.78 is 5.98. The van der Waals surface area contributed by atoms with E-state index in [9.17, 15) is 14.4 Å². The molecule has 8 heteroatoms. The summed E-state index contributed by atoms with van der Waals surface area (Å²) in [7, 11) is 0. The molecule has 0 bridgehead atoms. The number of carbonyl (C=O) groups excluding carboxylic acids is 1. The SMILES string of the molecule is O=C(O)C[C@@H](NC(=O)COc1ccc(Br)cc1)C(=O)O. The Hall–Kier alpha value is -2.09. The largest absolute Gasteiger partial charge is 0.484 e. The van der Waals surface area contributed by atoms with Crippen molar-refractivity contribution in [3.05, 3.63) is 28.7 Å². The molecule has 0 aromatic heterocycles. The zero-order valence-corrected chi connectivity index (χ0v) is 11.8. The molecule has 1 amide bonds. The van der Waals surface area contributed by atoms with Crippen LogP contribution < -0.4 is 10.1 Å². The number of hydrogen-bond donors (Lipinski definition) is 3. The molecule has 0 fully saturated rings. The average molecular weight is 346 g/mol. The first kappa shape index (κ1) is 16.0. The molecule has 3 N–H and O–H groups in total. The van der Waals surface area contributed by atoms with Crippen LogP contribution >= 0.6 is 15.9 Å². The lowest BCUT2D eigenvalue weighted by molar-refractivity contribution is -0.147. The van der Waals surface area contributed by atoms with Crippen LogP contribution in [0.3, 0.4) is 0 Å². The molecule has 108 valence electrons. The molecule has 1 rings (SSSR count). The van der Waals surface area contributed by atoms with Crippen LogP contribution in [-0.2, 0) is 14.4 Å². The fraction of sp³-hybridized carbons (Fsp3) is 0.250. The zero-order valence-electron chi connectivity index (χ0n) is 10.2. The summed E-state index contributed by atoms with van der Waals surface area (Å²) in [4.78, 5) is 32.7. The molecule has 0 aliphatic heterocycles. The monoisotopic (exact) mass is 345 g/mol. The van der Waals surface area contributed by atoms with E-state index in [0.29, 0.717) is 5.75 Å². The van der Waals surface area contributed by atoms with Crippen LogP contribution in [-0.4, -0.2) is 40.7 Å². The first-order valence-corrected chi connectivity index (χ1v) is 6.30. The second-order valence-corrected chi connectivity index (χ2v) is 4.71. The van der Waals surface area contributed by atoms with Gasteiger partial charge in [-0.05, 0) is 24.3 Å². The number of nitrogens with one attached hydrogen (secondary N) is 1. The molecular weight excluding hydrogens is 334 g/mol. The fourth-order valence-electron chi connectivity index (χ4n) is 1.29. The minimum absolute atomic E-state index is 0.398. The van der Waals surface area contributed by atoms with Gasteiger partial charge in [-0.1, -0.05) is 15.9 Å². The van der Waals surface area contributed by atoms with Crippen LogP contribution in [0, 0.1) is 0 Å². The van der Waals surface area contributed by atoms with E-state index >= 15 is 0 Å². The maximum absolute atomic E-state index is 11.5. The third-order valence-corrected chi connectivity index (χ3v) is 2.72. The van der Waals surface area contributed by atoms with Crippen molar-refractivity contribution in [2.24, 2.45) is 0 Å². The van der Waals surface area contributed by atoms with E-state index in [1.54, 1.807) is 24.3 Å². The van der Waals surface area contributed by atoms with E-state index in [0.717, 1.165) is 4.47 Å². The first-order valence-electron chi connectivity index (χ1n) is 5.51. The second kappa shape index (κ2) is 7.49. The molecule has 0 heterocycles. The highest BCUT2D eigenvalue weighted by Gasteiger charge is 2.23. The van der Waals surface area contributed by atoms with Gasteiger partial charge in [0.25, 0.3) is 5.91 Å². The van der Waals surface area contributed by atoms with Gasteiger partial charge < -0.3 is 20.3 Å². The van der Waals surface area contributed by atoms with Gasteiger partial charge in [0.05, 0.1) is 6.42 Å². The van der Waals surface area contributed by atoms with Gasteiger partial charge >= 0.3 is 11.9 Å². The predicted molar refractivity (Wildman–Crippen MR) is 71.5 cm³/mol. The number of carboxylic acids is 2. The van der Waals surface area contributed by atoms with E-state index in [-0.39, 0.29) is 0 Å². The molecule has 0 unspecified atom stereocenters. The summed E-state index contributed by atoms with van der Waals surface area (Å²) in [5.41, 5.74) is 0. The zero-order chi connectivity index (χ0) is 15.1. The van der Waals surface area contributed by atoms with Crippen molar-refractivity contribution in [3.63, 3.8) is 0 Å². The van der Waals surface area contributed by atoms with Gasteiger partial charge in [-0.3, -0.25) is 9.59 Å². The number of aliphatic carboxylic acids is 2. The Morgan fingerprint density at radius 1 is 1.20 bits per heavy atom. The highest BCUT2D eigenvalue weighted by atomic mass is 79.9. The normalized spacial score (nSPS) is 11.4. The molecule has 20 heavy (non-hydrogen) atoms. The number of halogens is 1. The molecule has 1 aromatic rings. The number of carbonyl (C=O) groups is 3. The summed E-state index contributed by atoms with van der Waals surface area (Å²) in [5, 5.41) is 19.4. The summed E-state index contributed by atoms with van der Waals surface area (Å²) in [6.07, 6.45) is -0.695. The summed E-state index contributed by atoms with van der Waals surface area (Å²) in [5.74, 6) is -2.99. The van der Waals surface area contributed by atoms with Crippen molar-refractivity contribution < 1.29 is 29.3 Å². The Kier molecular flexibility index (Phi) is 5.98. The number of carboxylic acid groups (broad SMARTS) is 2. The molecule has 0 spiro atoms. The van der Waals surface area contributed by atoms with Crippen molar-refractivity contribution in [3.8, 4) is 5.75 Å². The highest BCUT2D eigenvalue weighted by Crippen LogP contribution is 2.15. The molecule has 0 aliphatic carbocycles. The smallest absolute Gasteiger partial charge is 0.326 e. The highest BCUT2D eigenvalue weighted by molar-refractivity contribution is 9.10. The van der Waals surface area contributed by atoms with Gasteiger partial charge in [-0.25, -0.2) is 4.79 Å². The van der Waals surface area contributed by atoms with Gasteiger partial charge in [0.15, 0.2) is 6.61 Å². The number of benzene rings is 1. The van der Waals surface area contributed by atoms with Gasteiger partial charge in [0.1, 0.15) is 11.8 Å². The van der Waals surface area contributed by atoms with E-state index in [2.05, 4.69) is 21.2 Å². The Balaban J connectivity index is 2.47. The molecule has 0 radical (unpaired) electrons. The average Bonchev–Trinajstić information content (AvgIpc) is 2.36. The Morgan fingerprint density at radius 3 is 2.30 bits per heavy atom. The molecule has 7 nitrogen and oxygen atoms in total. The van der Waals surface area contributed by atoms with Crippen LogP contribution in [0.15, 0.2) is 28.7 Å². The van der Waals surface area contributed by atoms with Gasteiger partial charge in [-0.2, -0.15) is 0 Å². The van der Waals surface area contributed by atoms with Crippen LogP contribution in [0.5, 0.6) is 5.75 Å². The lowest BCUT2D eigenvalue weighted by atomic mass is 10.2. The fourth-order valence-corrected chi connectivity index (χ4v) is 1.55. The van der Waals surface area contributed by atoms with Crippen molar-refractivity contribution in [1.29, 1.82) is 0 Å². The Morgan fingerprint density at radius 2 is 1.80 bits per heavy atom. The van der Waals surface area contributed by atoms with Crippen LogP contribution in [0.4, 0.5) is 0 Å². The maximum Gasteiger partial charge on any atom is 0.326 e. The molecule has 0 saturated heterocycles. The third-order valence-electron chi connectivity index (χ3n) is 2.20. The van der Waals surface area contributed by atoms with E-state index < -0.39 is 36.9 Å². The van der Waals surface area contributed by atoms with Crippen LogP contribution in [0.1, 0.15) is 6.42 Å². The Bertz CT molecular complexity index is 501. The van der Waals surface area contributed by atoms with Gasteiger partial charge in [0, 0.05) is 4.47 Å². The summed E-state index contributed by atoms with van der Waals surface area (Å²) in [6.45, 7) is -0.398. The van der Waals surface area contributed by atoms with Crippen LogP contribution in [0.25, 0.3) is 0 Å². The van der Waals surface area contributed by atoms with E-state index in [1.807, 2.05) is 0 Å². The topological polar surface area (TPSA) is 113 Å². The predicted octanol–water partition coefficient (Wildman–Crippen LogP) is 0.872. The van der Waals surface area contributed by atoms with Crippen molar-refractivity contribution in [1.82, 2.24) is 5.32 Å². The minimum Gasteiger partial charge on any atom is -0.484 e. The molecule has 1 aromatic carbocycles. The molecule has 0 aliphatic rings. The first-order chi connectivity index (χ1) is 9.38. The van der Waals surface area contributed by atoms with Crippen molar-refractivity contribution >= 4 is 33.8 Å². The van der Waals surface area contributed by atoms with E-state index in [4.69, 9.17) is 14.9 Å². The second-order valence-electron chi connectivity index (χ2n) is 3.80. The molecular formula is C12H12BrNO6. The lowest BCUT2D eigenvalue weighted by Gasteiger charge is -2.12. The van der Waals surface area contributed by atoms with Gasteiger partial charge in [-0.15, -0.1) is 0 Å². The third kappa shape index (κ3) is 5.70. The van der Waals surface area contributed by atoms with Crippen molar-refractivity contribution in [2.75, 3.05) is 6.61 Å². The minimum atomic E-state index is -1.48. The lowest BCUT2D eigenvalue weighted by Crippen LogP contribution is -2.44. The van der Waals surface area contributed by atoms with Crippen LogP contribution in [0.2, 0.25) is 0 Å². The number of ether oxygens (including phenoxy) is 1. The maximum atomic E-state index is 11.5. The summed E-state index contributed by atoms with van der Waals surface area (Å²) in [6, 6.07) is 5.22. The Labute approximate surface area is 122 Å². The standard InChI is InChI=1S/C12H12BrNO6/c13-7-1-3-8(4-2-7)20-6-10(15)14-9(12(18)19)5-11(16)17/h1-4,9H,5-6H2,(H,14,15)(H,16,17)(H,18,19)/t9-/m1/s1. The number of amides is 1.